The summed E-state index contributed by atoms with van der Waals surface area (Å²) in [6.45, 7) is 2.70. The summed E-state index contributed by atoms with van der Waals surface area (Å²) < 4.78 is 52.5. The number of hydrogen-bond acceptors (Lipinski definition) is 2. The van der Waals surface area contributed by atoms with Gasteiger partial charge in [0.2, 0.25) is 0 Å². The van der Waals surface area contributed by atoms with Crippen LogP contribution in [0.1, 0.15) is 18.1 Å². The Hall–Kier alpha value is -1.89. The van der Waals surface area contributed by atoms with Gasteiger partial charge in [-0.1, -0.05) is 13.0 Å². The zero-order chi connectivity index (χ0) is 14.8. The molecule has 0 saturated carbocycles. The Bertz CT molecular complexity index is 590. The molecule has 0 aliphatic rings. The molecule has 7 heteroatoms. The van der Waals surface area contributed by atoms with Gasteiger partial charge < -0.3 is 5.32 Å². The molecule has 108 valence electrons. The quantitative estimate of drug-likeness (QED) is 0.876. The van der Waals surface area contributed by atoms with E-state index in [4.69, 9.17) is 0 Å². The molecule has 0 radical (unpaired) electrons. The van der Waals surface area contributed by atoms with Gasteiger partial charge in [0.15, 0.2) is 0 Å². The Balaban J connectivity index is 2.42. The molecule has 0 fully saturated rings. The van der Waals surface area contributed by atoms with Gasteiger partial charge in [0.05, 0.1) is 17.4 Å². The normalized spacial score (nSPS) is 11.8. The number of hydrogen-bond donors (Lipinski definition) is 1. The first-order valence-corrected chi connectivity index (χ1v) is 6.04. The molecule has 0 bridgehead atoms. The SMILES string of the molecule is CCNCc1c(F)cccc1-n1cc(C(F)(F)F)cn1. The molecule has 20 heavy (non-hydrogen) atoms. The Morgan fingerprint density at radius 3 is 2.65 bits per heavy atom. The Morgan fingerprint density at radius 2 is 2.05 bits per heavy atom. The minimum Gasteiger partial charge on any atom is -0.313 e. The van der Waals surface area contributed by atoms with Crippen molar-refractivity contribution < 1.29 is 17.6 Å². The van der Waals surface area contributed by atoms with Gasteiger partial charge in [0, 0.05) is 18.3 Å². The Labute approximate surface area is 113 Å². The molecule has 3 nitrogen and oxygen atoms in total. The summed E-state index contributed by atoms with van der Waals surface area (Å²) in [4.78, 5) is 0. The number of nitrogens with zero attached hydrogens (tertiary/aromatic N) is 2. The first-order valence-electron chi connectivity index (χ1n) is 6.04. The van der Waals surface area contributed by atoms with Crippen molar-refractivity contribution in [3.63, 3.8) is 0 Å². The maximum absolute atomic E-state index is 13.8. The van der Waals surface area contributed by atoms with Crippen LogP contribution in [0.3, 0.4) is 0 Å². The molecule has 0 atom stereocenters. The molecule has 1 aromatic heterocycles. The number of alkyl halides is 3. The fourth-order valence-corrected chi connectivity index (χ4v) is 1.79. The van der Waals surface area contributed by atoms with Crippen LogP contribution in [-0.4, -0.2) is 16.3 Å². The van der Waals surface area contributed by atoms with E-state index in [1.807, 2.05) is 6.92 Å². The summed E-state index contributed by atoms with van der Waals surface area (Å²) in [5.74, 6) is -0.479. The Morgan fingerprint density at radius 1 is 1.30 bits per heavy atom. The average molecular weight is 287 g/mol. The number of nitrogens with one attached hydrogen (secondary N) is 1. The van der Waals surface area contributed by atoms with Gasteiger partial charge in [-0.25, -0.2) is 9.07 Å². The minimum atomic E-state index is -4.46. The third-order valence-corrected chi connectivity index (χ3v) is 2.80. The third-order valence-electron chi connectivity index (χ3n) is 2.80. The lowest BCUT2D eigenvalue weighted by molar-refractivity contribution is -0.137. The van der Waals surface area contributed by atoms with Crippen LogP contribution in [0.2, 0.25) is 0 Å². The van der Waals surface area contributed by atoms with E-state index in [-0.39, 0.29) is 12.1 Å². The first kappa shape index (κ1) is 14.5. The van der Waals surface area contributed by atoms with Crippen molar-refractivity contribution in [3.05, 3.63) is 47.5 Å². The van der Waals surface area contributed by atoms with Gasteiger partial charge in [0.1, 0.15) is 5.82 Å². The van der Waals surface area contributed by atoms with E-state index in [0.717, 1.165) is 17.1 Å². The predicted octanol–water partition coefficient (Wildman–Crippen LogP) is 3.14. The molecule has 0 aliphatic heterocycles. The van der Waals surface area contributed by atoms with Crippen LogP contribution in [0, 0.1) is 5.82 Å². The molecule has 1 N–H and O–H groups in total. The van der Waals surface area contributed by atoms with E-state index >= 15 is 0 Å². The summed E-state index contributed by atoms with van der Waals surface area (Å²) in [7, 11) is 0. The van der Waals surface area contributed by atoms with E-state index < -0.39 is 17.6 Å². The van der Waals surface area contributed by atoms with Crippen molar-refractivity contribution in [1.82, 2.24) is 15.1 Å². The summed E-state index contributed by atoms with van der Waals surface area (Å²) >= 11 is 0. The topological polar surface area (TPSA) is 29.9 Å². The van der Waals surface area contributed by atoms with Crippen molar-refractivity contribution >= 4 is 0 Å². The van der Waals surface area contributed by atoms with Gasteiger partial charge in [-0.15, -0.1) is 0 Å². The number of benzene rings is 1. The van der Waals surface area contributed by atoms with Crippen molar-refractivity contribution in [2.75, 3.05) is 6.54 Å². The van der Waals surface area contributed by atoms with Crippen LogP contribution in [-0.2, 0) is 12.7 Å². The molecule has 0 amide bonds. The maximum atomic E-state index is 13.8. The highest BCUT2D eigenvalue weighted by molar-refractivity contribution is 5.41. The fourth-order valence-electron chi connectivity index (χ4n) is 1.79. The van der Waals surface area contributed by atoms with Crippen LogP contribution in [0.15, 0.2) is 30.6 Å². The molecular weight excluding hydrogens is 274 g/mol. The largest absolute Gasteiger partial charge is 0.419 e. The van der Waals surface area contributed by atoms with Crippen LogP contribution >= 0.6 is 0 Å². The summed E-state index contributed by atoms with van der Waals surface area (Å²) in [6, 6.07) is 4.24. The second-order valence-electron chi connectivity index (χ2n) is 4.19. The van der Waals surface area contributed by atoms with Crippen molar-refractivity contribution in [2.24, 2.45) is 0 Å². The second-order valence-corrected chi connectivity index (χ2v) is 4.19. The second kappa shape index (κ2) is 5.62. The van der Waals surface area contributed by atoms with E-state index in [1.54, 1.807) is 0 Å². The smallest absolute Gasteiger partial charge is 0.313 e. The van der Waals surface area contributed by atoms with E-state index in [1.165, 1.54) is 18.2 Å². The van der Waals surface area contributed by atoms with Crippen molar-refractivity contribution in [2.45, 2.75) is 19.6 Å². The standard InChI is InChI=1S/C13H13F4N3/c1-2-18-7-10-11(14)4-3-5-12(10)20-8-9(6-19-20)13(15,16)17/h3-6,8,18H,2,7H2,1H3. The summed E-state index contributed by atoms with van der Waals surface area (Å²) in [6.07, 6.45) is -2.89. The summed E-state index contributed by atoms with van der Waals surface area (Å²) in [5, 5.41) is 6.61. The van der Waals surface area contributed by atoms with E-state index in [2.05, 4.69) is 10.4 Å². The lowest BCUT2D eigenvalue weighted by Gasteiger charge is -2.11. The van der Waals surface area contributed by atoms with Crippen molar-refractivity contribution in [1.29, 1.82) is 0 Å². The highest BCUT2D eigenvalue weighted by atomic mass is 19.4. The van der Waals surface area contributed by atoms with Crippen LogP contribution < -0.4 is 5.32 Å². The van der Waals surface area contributed by atoms with Crippen LogP contribution in [0.5, 0.6) is 0 Å². The average Bonchev–Trinajstić information content (AvgIpc) is 2.86. The molecule has 0 saturated heterocycles. The zero-order valence-corrected chi connectivity index (χ0v) is 10.7. The molecule has 1 aromatic carbocycles. The van der Waals surface area contributed by atoms with Gasteiger partial charge in [0.25, 0.3) is 0 Å². The molecule has 1 heterocycles. The Kier molecular flexibility index (Phi) is 4.08. The molecule has 2 rings (SSSR count). The summed E-state index contributed by atoms with van der Waals surface area (Å²) in [5.41, 5.74) is -0.288. The molecule has 2 aromatic rings. The fraction of sp³-hybridized carbons (Fsp3) is 0.308. The number of halogens is 4. The number of rotatable bonds is 4. The molecular formula is C13H13F4N3. The zero-order valence-electron chi connectivity index (χ0n) is 10.7. The van der Waals surface area contributed by atoms with Gasteiger partial charge in [-0.3, -0.25) is 0 Å². The molecule has 0 unspecified atom stereocenters. The molecule has 0 aliphatic carbocycles. The predicted molar refractivity (Wildman–Crippen MR) is 65.9 cm³/mol. The third kappa shape index (κ3) is 2.98. The first-order chi connectivity index (χ1) is 9.43. The lowest BCUT2D eigenvalue weighted by Crippen LogP contribution is -2.15. The lowest BCUT2D eigenvalue weighted by atomic mass is 10.1. The van der Waals surface area contributed by atoms with Crippen LogP contribution in [0.25, 0.3) is 5.69 Å². The van der Waals surface area contributed by atoms with Crippen LogP contribution in [0.4, 0.5) is 17.6 Å². The van der Waals surface area contributed by atoms with Gasteiger partial charge >= 0.3 is 6.18 Å². The minimum absolute atomic E-state index is 0.222. The highest BCUT2D eigenvalue weighted by Crippen LogP contribution is 2.29. The number of aromatic nitrogens is 2. The monoisotopic (exact) mass is 287 g/mol. The maximum Gasteiger partial charge on any atom is 0.419 e. The molecule has 0 spiro atoms. The van der Waals surface area contributed by atoms with Gasteiger partial charge in [-0.05, 0) is 18.7 Å². The van der Waals surface area contributed by atoms with E-state index in [0.29, 0.717) is 12.2 Å². The van der Waals surface area contributed by atoms with Crippen molar-refractivity contribution in [3.8, 4) is 5.69 Å². The van der Waals surface area contributed by atoms with Gasteiger partial charge in [-0.2, -0.15) is 18.3 Å². The van der Waals surface area contributed by atoms with E-state index in [9.17, 15) is 17.6 Å². The highest BCUT2D eigenvalue weighted by Gasteiger charge is 2.32.